The van der Waals surface area contributed by atoms with E-state index in [-0.39, 0.29) is 19.4 Å². The van der Waals surface area contributed by atoms with Gasteiger partial charge < -0.3 is 30.3 Å². The molecular weight excluding hydrogens is 364 g/mol. The van der Waals surface area contributed by atoms with Crippen molar-refractivity contribution in [3.05, 3.63) is 11.1 Å². The van der Waals surface area contributed by atoms with E-state index in [4.69, 9.17) is 4.74 Å². The third kappa shape index (κ3) is 2.03. The Morgan fingerprint density at radius 2 is 1.71 bits per heavy atom. The second kappa shape index (κ2) is 5.65. The SMILES string of the molecule is CC1=C2C(O)C(=O)[C@]3(C)C(O)CC4OC[C@@]4(O)C3C(C)C(O)(CC1O)C2(C)C. The van der Waals surface area contributed by atoms with E-state index < -0.39 is 64.1 Å². The fraction of sp³-hybridized carbons (Fsp3) is 0.857. The molecule has 1 heterocycles. The topological polar surface area (TPSA) is 127 Å². The molecule has 2 bridgehead atoms. The number of fused-ring (bicyclic) bond motifs is 5. The molecule has 1 saturated heterocycles. The maximum Gasteiger partial charge on any atom is 0.174 e. The summed E-state index contributed by atoms with van der Waals surface area (Å²) >= 11 is 0. The van der Waals surface area contributed by atoms with E-state index >= 15 is 0 Å². The molecule has 3 fully saturated rings. The lowest BCUT2D eigenvalue weighted by atomic mass is 9.43. The predicted molar refractivity (Wildman–Crippen MR) is 99.1 cm³/mol. The quantitative estimate of drug-likeness (QED) is 0.363. The Morgan fingerprint density at radius 1 is 1.11 bits per heavy atom. The summed E-state index contributed by atoms with van der Waals surface area (Å²) in [6.45, 7) is 8.58. The maximum atomic E-state index is 13.6. The molecule has 0 amide bonds. The van der Waals surface area contributed by atoms with Gasteiger partial charge in [0.15, 0.2) is 5.78 Å². The van der Waals surface area contributed by atoms with Crippen molar-refractivity contribution in [2.24, 2.45) is 22.7 Å². The van der Waals surface area contributed by atoms with Gasteiger partial charge >= 0.3 is 0 Å². The number of hydrogen-bond acceptors (Lipinski definition) is 7. The Morgan fingerprint density at radius 3 is 2.25 bits per heavy atom. The van der Waals surface area contributed by atoms with Gasteiger partial charge in [-0.15, -0.1) is 0 Å². The standard InChI is InChI=1S/C21H32O7/c1-9-11(22)7-21(27)10(2)16-19(5,12(23)6-13-20(16,26)8-28-13)17(25)15(24)14(9)18(21,3)4/h10-13,15-16,22-24,26-27H,6-8H2,1-5H3/t10?,11?,12?,13?,15?,16?,19-,20+,21?/m1/s1. The Hall–Kier alpha value is -0.830. The average molecular weight is 396 g/mol. The van der Waals surface area contributed by atoms with Crippen molar-refractivity contribution >= 4 is 5.78 Å². The number of ether oxygens (including phenoxy) is 1. The first-order chi connectivity index (χ1) is 12.7. The number of ketones is 1. The highest BCUT2D eigenvalue weighted by molar-refractivity contribution is 5.93. The van der Waals surface area contributed by atoms with Crippen LogP contribution in [-0.4, -0.2) is 73.5 Å². The number of aliphatic hydroxyl groups is 5. The summed E-state index contributed by atoms with van der Waals surface area (Å²) in [4.78, 5) is 13.6. The highest BCUT2D eigenvalue weighted by Crippen LogP contribution is 2.64. The fourth-order valence-electron chi connectivity index (χ4n) is 7.00. The molecule has 0 spiro atoms. The predicted octanol–water partition coefficient (Wildman–Crippen LogP) is -0.0785. The second-order valence-corrected chi connectivity index (χ2v) is 10.2. The fourth-order valence-corrected chi connectivity index (χ4v) is 7.00. The average Bonchev–Trinajstić information content (AvgIpc) is 2.60. The van der Waals surface area contributed by atoms with Gasteiger partial charge in [-0.05, 0) is 30.9 Å². The lowest BCUT2D eigenvalue weighted by Gasteiger charge is -2.67. The number of carbonyl (C=O) groups excluding carboxylic acids is 1. The van der Waals surface area contributed by atoms with Crippen LogP contribution >= 0.6 is 0 Å². The molecule has 7 unspecified atom stereocenters. The van der Waals surface area contributed by atoms with Crippen LogP contribution in [0.15, 0.2) is 11.1 Å². The molecule has 1 aliphatic heterocycles. The zero-order chi connectivity index (χ0) is 21.0. The second-order valence-electron chi connectivity index (χ2n) is 10.2. The molecule has 158 valence electrons. The lowest BCUT2D eigenvalue weighted by Crippen LogP contribution is -2.78. The zero-order valence-electron chi connectivity index (χ0n) is 17.1. The van der Waals surface area contributed by atoms with Gasteiger partial charge in [0.05, 0.1) is 35.9 Å². The van der Waals surface area contributed by atoms with Crippen molar-refractivity contribution in [2.75, 3.05) is 6.61 Å². The first-order valence-electron chi connectivity index (χ1n) is 10.1. The largest absolute Gasteiger partial charge is 0.392 e. The highest BCUT2D eigenvalue weighted by Gasteiger charge is 2.73. The van der Waals surface area contributed by atoms with Gasteiger partial charge in [-0.1, -0.05) is 20.8 Å². The van der Waals surface area contributed by atoms with Crippen LogP contribution in [0, 0.1) is 22.7 Å². The first kappa shape index (κ1) is 20.4. The molecule has 7 heteroatoms. The van der Waals surface area contributed by atoms with Gasteiger partial charge in [0.1, 0.15) is 11.7 Å². The van der Waals surface area contributed by atoms with E-state index in [1.807, 2.05) is 0 Å². The summed E-state index contributed by atoms with van der Waals surface area (Å²) in [5.74, 6) is -2.05. The van der Waals surface area contributed by atoms with E-state index in [9.17, 15) is 30.3 Å². The van der Waals surface area contributed by atoms with Crippen molar-refractivity contribution in [3.8, 4) is 0 Å². The molecule has 28 heavy (non-hydrogen) atoms. The normalized spacial score (nSPS) is 55.6. The lowest BCUT2D eigenvalue weighted by molar-refractivity contribution is -0.335. The van der Waals surface area contributed by atoms with Crippen LogP contribution in [0.4, 0.5) is 0 Å². The third-order valence-electron chi connectivity index (χ3n) is 8.88. The van der Waals surface area contributed by atoms with E-state index in [0.717, 1.165) is 0 Å². The maximum absolute atomic E-state index is 13.6. The zero-order valence-corrected chi connectivity index (χ0v) is 17.1. The van der Waals surface area contributed by atoms with Crippen molar-refractivity contribution in [1.29, 1.82) is 0 Å². The van der Waals surface area contributed by atoms with Crippen LogP contribution in [0.1, 0.15) is 47.5 Å². The molecule has 2 saturated carbocycles. The number of rotatable bonds is 0. The molecule has 4 aliphatic rings. The Kier molecular flexibility index (Phi) is 4.13. The minimum atomic E-state index is -1.58. The smallest absolute Gasteiger partial charge is 0.174 e. The monoisotopic (exact) mass is 396 g/mol. The van der Waals surface area contributed by atoms with Crippen LogP contribution in [0.5, 0.6) is 0 Å². The molecular formula is C21H32O7. The van der Waals surface area contributed by atoms with E-state index in [0.29, 0.717) is 11.1 Å². The molecule has 0 radical (unpaired) electrons. The van der Waals surface area contributed by atoms with E-state index in [1.54, 1.807) is 34.6 Å². The molecule has 4 rings (SSSR count). The summed E-state index contributed by atoms with van der Waals surface area (Å²) in [7, 11) is 0. The van der Waals surface area contributed by atoms with Crippen LogP contribution in [0.3, 0.4) is 0 Å². The Balaban J connectivity index is 2.01. The minimum absolute atomic E-state index is 0.0130. The van der Waals surface area contributed by atoms with Gasteiger partial charge in [-0.3, -0.25) is 4.79 Å². The van der Waals surface area contributed by atoms with Crippen molar-refractivity contribution < 1.29 is 35.1 Å². The summed E-state index contributed by atoms with van der Waals surface area (Å²) in [6, 6.07) is 0. The van der Waals surface area contributed by atoms with E-state index in [2.05, 4.69) is 0 Å². The molecule has 9 atom stereocenters. The molecule has 5 N–H and O–H groups in total. The molecule has 3 aliphatic carbocycles. The molecule has 0 aromatic rings. The van der Waals surface area contributed by atoms with Gasteiger partial charge in [0.25, 0.3) is 0 Å². The molecule has 0 aromatic heterocycles. The number of aliphatic hydroxyl groups excluding tert-OH is 3. The first-order valence-corrected chi connectivity index (χ1v) is 10.1. The molecule has 7 nitrogen and oxygen atoms in total. The Bertz CT molecular complexity index is 760. The van der Waals surface area contributed by atoms with E-state index in [1.165, 1.54) is 0 Å². The van der Waals surface area contributed by atoms with Crippen LogP contribution in [0.2, 0.25) is 0 Å². The summed E-state index contributed by atoms with van der Waals surface area (Å²) in [5, 5.41) is 56.1. The van der Waals surface area contributed by atoms with Crippen molar-refractivity contribution in [2.45, 2.75) is 83.1 Å². The van der Waals surface area contributed by atoms with Crippen LogP contribution < -0.4 is 0 Å². The van der Waals surface area contributed by atoms with Crippen LogP contribution in [0.25, 0.3) is 0 Å². The molecule has 0 aromatic carbocycles. The van der Waals surface area contributed by atoms with Gasteiger partial charge in [-0.25, -0.2) is 0 Å². The minimum Gasteiger partial charge on any atom is -0.392 e. The van der Waals surface area contributed by atoms with Crippen molar-refractivity contribution in [3.63, 3.8) is 0 Å². The van der Waals surface area contributed by atoms with Gasteiger partial charge in [0, 0.05) is 24.2 Å². The summed E-state index contributed by atoms with van der Waals surface area (Å²) in [5.41, 5.74) is -4.54. The van der Waals surface area contributed by atoms with Gasteiger partial charge in [0.2, 0.25) is 0 Å². The number of hydrogen-bond donors (Lipinski definition) is 5. The number of carbonyl (C=O) groups is 1. The summed E-state index contributed by atoms with van der Waals surface area (Å²) < 4.78 is 5.49. The number of Topliss-reactive ketones (excluding diaryl/α,β-unsaturated/α-hetero) is 1. The Labute approximate surface area is 165 Å². The van der Waals surface area contributed by atoms with Crippen LogP contribution in [-0.2, 0) is 9.53 Å². The summed E-state index contributed by atoms with van der Waals surface area (Å²) in [6.07, 6.45) is -4.20. The highest BCUT2D eigenvalue weighted by atomic mass is 16.6. The van der Waals surface area contributed by atoms with Crippen molar-refractivity contribution in [1.82, 2.24) is 0 Å². The third-order valence-corrected chi connectivity index (χ3v) is 8.88. The van der Waals surface area contributed by atoms with Gasteiger partial charge in [-0.2, -0.15) is 0 Å².